The Kier molecular flexibility index (Phi) is 5.54. The fourth-order valence-corrected chi connectivity index (χ4v) is 2.82. The number of rotatable bonds is 7. The van der Waals surface area contributed by atoms with Gasteiger partial charge in [-0.1, -0.05) is 66.7 Å². The molecule has 0 saturated heterocycles. The van der Waals surface area contributed by atoms with Crippen molar-refractivity contribution in [1.29, 1.82) is 0 Å². The van der Waals surface area contributed by atoms with E-state index in [0.29, 0.717) is 18.9 Å². The lowest BCUT2D eigenvalue weighted by atomic mass is 10.2. The molecule has 4 aromatic rings. The zero-order valence-electron chi connectivity index (χ0n) is 15.4. The van der Waals surface area contributed by atoms with Crippen LogP contribution in [-0.4, -0.2) is 15.0 Å². The number of anilines is 2. The third kappa shape index (κ3) is 4.71. The summed E-state index contributed by atoms with van der Waals surface area (Å²) in [4.78, 5) is 13.7. The van der Waals surface area contributed by atoms with E-state index in [2.05, 4.69) is 32.7 Å². The maximum absolute atomic E-state index is 4.70. The second-order valence-electron chi connectivity index (χ2n) is 6.34. The van der Waals surface area contributed by atoms with Gasteiger partial charge < -0.3 is 10.6 Å². The van der Waals surface area contributed by atoms with Gasteiger partial charge in [-0.25, -0.2) is 9.97 Å². The monoisotopic (exact) mass is 367 g/mol. The summed E-state index contributed by atoms with van der Waals surface area (Å²) in [5.41, 5.74) is 3.14. The number of hydrogen-bond donors (Lipinski definition) is 2. The predicted octanol–water partition coefficient (Wildman–Crippen LogP) is 4.76. The normalized spacial score (nSPS) is 10.4. The van der Waals surface area contributed by atoms with Gasteiger partial charge in [0, 0.05) is 24.4 Å². The van der Waals surface area contributed by atoms with Crippen LogP contribution in [0, 0.1) is 0 Å². The number of aromatic nitrogens is 3. The van der Waals surface area contributed by atoms with Crippen molar-refractivity contribution in [2.45, 2.75) is 13.1 Å². The van der Waals surface area contributed by atoms with E-state index >= 15 is 0 Å². The molecule has 0 saturated carbocycles. The van der Waals surface area contributed by atoms with E-state index in [9.17, 15) is 0 Å². The van der Waals surface area contributed by atoms with Crippen molar-refractivity contribution in [2.75, 3.05) is 10.6 Å². The lowest BCUT2D eigenvalue weighted by Gasteiger charge is -2.12. The van der Waals surface area contributed by atoms with Gasteiger partial charge in [0.2, 0.25) is 0 Å². The third-order valence-corrected chi connectivity index (χ3v) is 4.25. The SMILES string of the molecule is c1ccc(CNc2cc(NCc3ccccn3)nc(-c3ccccc3)n2)cc1. The highest BCUT2D eigenvalue weighted by Crippen LogP contribution is 2.21. The molecule has 5 heteroatoms. The van der Waals surface area contributed by atoms with Gasteiger partial charge in [0.15, 0.2) is 5.82 Å². The first-order valence-electron chi connectivity index (χ1n) is 9.23. The molecule has 2 aromatic heterocycles. The second kappa shape index (κ2) is 8.77. The maximum atomic E-state index is 4.70. The van der Waals surface area contributed by atoms with Gasteiger partial charge in [-0.05, 0) is 17.7 Å². The van der Waals surface area contributed by atoms with Crippen LogP contribution >= 0.6 is 0 Å². The fourth-order valence-electron chi connectivity index (χ4n) is 2.82. The van der Waals surface area contributed by atoms with Crippen LogP contribution < -0.4 is 10.6 Å². The van der Waals surface area contributed by atoms with Crippen molar-refractivity contribution in [1.82, 2.24) is 15.0 Å². The molecule has 28 heavy (non-hydrogen) atoms. The largest absolute Gasteiger partial charge is 0.366 e. The van der Waals surface area contributed by atoms with Gasteiger partial charge in [0.05, 0.1) is 12.2 Å². The summed E-state index contributed by atoms with van der Waals surface area (Å²) in [6, 6.07) is 28.1. The molecule has 4 rings (SSSR count). The summed E-state index contributed by atoms with van der Waals surface area (Å²) >= 11 is 0. The molecule has 0 aliphatic heterocycles. The smallest absolute Gasteiger partial charge is 0.163 e. The fraction of sp³-hybridized carbons (Fsp3) is 0.0870. The lowest BCUT2D eigenvalue weighted by molar-refractivity contribution is 1.02. The van der Waals surface area contributed by atoms with Gasteiger partial charge in [0.1, 0.15) is 11.6 Å². The third-order valence-electron chi connectivity index (χ3n) is 4.25. The van der Waals surface area contributed by atoms with Gasteiger partial charge in [-0.15, -0.1) is 0 Å². The standard InChI is InChI=1S/C23H21N5/c1-3-9-18(10-4-1)16-25-21-15-22(26-17-20-13-7-8-14-24-20)28-23(27-21)19-11-5-2-6-12-19/h1-15H,16-17H2,(H2,25,26,27,28). The van der Waals surface area contributed by atoms with E-state index < -0.39 is 0 Å². The minimum atomic E-state index is 0.601. The van der Waals surface area contributed by atoms with Crippen LogP contribution in [0.2, 0.25) is 0 Å². The molecule has 0 aliphatic carbocycles. The molecule has 0 bridgehead atoms. The quantitative estimate of drug-likeness (QED) is 0.493. The van der Waals surface area contributed by atoms with E-state index in [1.165, 1.54) is 5.56 Å². The Bertz CT molecular complexity index is 943. The molecule has 0 fully saturated rings. The summed E-state index contributed by atoms with van der Waals surface area (Å²) in [5.74, 6) is 2.22. The molecule has 0 amide bonds. The van der Waals surface area contributed by atoms with Crippen molar-refractivity contribution in [3.05, 3.63) is 102 Å². The first-order chi connectivity index (χ1) is 13.9. The van der Waals surface area contributed by atoms with E-state index in [1.54, 1.807) is 6.20 Å². The number of benzene rings is 2. The molecule has 2 aromatic carbocycles. The number of hydrogen-bond acceptors (Lipinski definition) is 5. The number of pyridine rings is 1. The molecular formula is C23H21N5. The van der Waals surface area contributed by atoms with E-state index in [0.717, 1.165) is 22.9 Å². The van der Waals surface area contributed by atoms with Crippen molar-refractivity contribution in [2.24, 2.45) is 0 Å². The molecule has 2 heterocycles. The average Bonchev–Trinajstić information content (AvgIpc) is 2.78. The van der Waals surface area contributed by atoms with Crippen molar-refractivity contribution >= 4 is 11.6 Å². The second-order valence-corrected chi connectivity index (χ2v) is 6.34. The molecule has 0 aliphatic rings. The first-order valence-corrected chi connectivity index (χ1v) is 9.23. The Balaban J connectivity index is 1.57. The zero-order chi connectivity index (χ0) is 19.0. The molecule has 5 nitrogen and oxygen atoms in total. The van der Waals surface area contributed by atoms with Crippen LogP contribution in [0.5, 0.6) is 0 Å². The Morgan fingerprint density at radius 2 is 1.29 bits per heavy atom. The van der Waals surface area contributed by atoms with E-state index in [4.69, 9.17) is 4.98 Å². The molecular weight excluding hydrogens is 346 g/mol. The van der Waals surface area contributed by atoms with Gasteiger partial charge in [0.25, 0.3) is 0 Å². The Morgan fingerprint density at radius 3 is 1.96 bits per heavy atom. The van der Waals surface area contributed by atoms with Crippen LogP contribution in [0.1, 0.15) is 11.3 Å². The van der Waals surface area contributed by atoms with Crippen molar-refractivity contribution in [3.63, 3.8) is 0 Å². The predicted molar refractivity (Wildman–Crippen MR) is 113 cm³/mol. The molecule has 0 spiro atoms. The highest BCUT2D eigenvalue weighted by Gasteiger charge is 2.07. The minimum Gasteiger partial charge on any atom is -0.366 e. The maximum Gasteiger partial charge on any atom is 0.163 e. The molecule has 2 N–H and O–H groups in total. The Hall–Kier alpha value is -3.73. The minimum absolute atomic E-state index is 0.601. The molecule has 0 radical (unpaired) electrons. The highest BCUT2D eigenvalue weighted by atomic mass is 15.1. The molecule has 0 unspecified atom stereocenters. The highest BCUT2D eigenvalue weighted by molar-refractivity contribution is 5.61. The summed E-state index contributed by atoms with van der Waals surface area (Å²) in [5, 5.41) is 6.76. The summed E-state index contributed by atoms with van der Waals surface area (Å²) in [6.45, 7) is 1.30. The van der Waals surface area contributed by atoms with Gasteiger partial charge >= 0.3 is 0 Å². The summed E-state index contributed by atoms with van der Waals surface area (Å²) < 4.78 is 0. The van der Waals surface area contributed by atoms with Crippen LogP contribution in [0.3, 0.4) is 0 Å². The van der Waals surface area contributed by atoms with Crippen LogP contribution in [0.25, 0.3) is 11.4 Å². The average molecular weight is 367 g/mol. The molecule has 0 atom stereocenters. The zero-order valence-corrected chi connectivity index (χ0v) is 15.4. The van der Waals surface area contributed by atoms with Crippen LogP contribution in [0.15, 0.2) is 91.1 Å². The first kappa shape index (κ1) is 17.7. The van der Waals surface area contributed by atoms with Crippen molar-refractivity contribution < 1.29 is 0 Å². The van der Waals surface area contributed by atoms with Crippen LogP contribution in [0.4, 0.5) is 11.6 Å². The van der Waals surface area contributed by atoms with E-state index in [1.807, 2.05) is 72.8 Å². The number of nitrogens with one attached hydrogen (secondary N) is 2. The van der Waals surface area contributed by atoms with Gasteiger partial charge in [-0.2, -0.15) is 0 Å². The van der Waals surface area contributed by atoms with Crippen LogP contribution in [-0.2, 0) is 13.1 Å². The van der Waals surface area contributed by atoms with Gasteiger partial charge in [-0.3, -0.25) is 4.98 Å². The lowest BCUT2D eigenvalue weighted by Crippen LogP contribution is -2.07. The molecule has 138 valence electrons. The van der Waals surface area contributed by atoms with E-state index in [-0.39, 0.29) is 0 Å². The number of nitrogens with zero attached hydrogens (tertiary/aromatic N) is 3. The Labute approximate surface area is 164 Å². The topological polar surface area (TPSA) is 62.7 Å². The summed E-state index contributed by atoms with van der Waals surface area (Å²) in [7, 11) is 0. The van der Waals surface area contributed by atoms with Crippen molar-refractivity contribution in [3.8, 4) is 11.4 Å². The Morgan fingerprint density at radius 1 is 0.643 bits per heavy atom. The summed E-state index contributed by atoms with van der Waals surface area (Å²) in [6.07, 6.45) is 1.79.